The van der Waals surface area contributed by atoms with Crippen LogP contribution in [0.1, 0.15) is 35.3 Å². The van der Waals surface area contributed by atoms with Crippen molar-refractivity contribution in [2.45, 2.75) is 32.6 Å². The van der Waals surface area contributed by atoms with Crippen molar-refractivity contribution in [3.05, 3.63) is 101 Å². The molecule has 1 unspecified atom stereocenters. The van der Waals surface area contributed by atoms with Gasteiger partial charge in [-0.15, -0.1) is 0 Å². The number of hydrogen-bond acceptors (Lipinski definition) is 5. The van der Waals surface area contributed by atoms with E-state index in [1.807, 2.05) is 31.4 Å². The van der Waals surface area contributed by atoms with E-state index in [-0.39, 0.29) is 25.5 Å². The average molecular weight is 490 g/mol. The first kappa shape index (κ1) is 24.9. The molecule has 0 fully saturated rings. The first-order valence-corrected chi connectivity index (χ1v) is 11.5. The minimum Gasteiger partial charge on any atom is -0.489 e. The molecular formula is C28H28FN3O4. The standard InChI is InChI=1S/C28H28FN3O4/c1-18(30)24-7-5-8-25(28(24)29)21-12-19(13-23(14-21)35-17-22-10-11-32(2)31-22)16-36-26-9-4-3-6-20(26)15-27(33)34/h3-14,18H,15-17,30H2,1-2H3,(H,33,34). The highest BCUT2D eigenvalue weighted by molar-refractivity contribution is 5.71. The highest BCUT2D eigenvalue weighted by Gasteiger charge is 2.15. The van der Waals surface area contributed by atoms with Crippen LogP contribution in [0.2, 0.25) is 0 Å². The third-order valence-electron chi connectivity index (χ3n) is 5.66. The Morgan fingerprint density at radius 2 is 1.89 bits per heavy atom. The normalized spacial score (nSPS) is 11.8. The van der Waals surface area contributed by atoms with Crippen LogP contribution in [-0.4, -0.2) is 20.9 Å². The molecule has 0 saturated heterocycles. The van der Waals surface area contributed by atoms with Gasteiger partial charge in [-0.2, -0.15) is 5.10 Å². The van der Waals surface area contributed by atoms with Crippen LogP contribution >= 0.6 is 0 Å². The van der Waals surface area contributed by atoms with Crippen LogP contribution in [-0.2, 0) is 31.5 Å². The number of aromatic nitrogens is 2. The Bertz CT molecular complexity index is 1370. The molecule has 0 amide bonds. The van der Waals surface area contributed by atoms with Crippen molar-refractivity contribution < 1.29 is 23.8 Å². The molecule has 186 valence electrons. The Balaban J connectivity index is 1.66. The van der Waals surface area contributed by atoms with E-state index in [0.717, 1.165) is 11.3 Å². The zero-order chi connectivity index (χ0) is 25.7. The van der Waals surface area contributed by atoms with E-state index in [1.165, 1.54) is 0 Å². The molecule has 0 spiro atoms. The van der Waals surface area contributed by atoms with Crippen LogP contribution in [0.5, 0.6) is 11.5 Å². The summed E-state index contributed by atoms with van der Waals surface area (Å²) in [5, 5.41) is 13.5. The Kier molecular flexibility index (Phi) is 7.65. The zero-order valence-electron chi connectivity index (χ0n) is 20.1. The molecule has 1 aromatic heterocycles. The maximum Gasteiger partial charge on any atom is 0.307 e. The van der Waals surface area contributed by atoms with Crippen LogP contribution in [0.4, 0.5) is 4.39 Å². The number of rotatable bonds is 10. The van der Waals surface area contributed by atoms with Crippen molar-refractivity contribution in [3.63, 3.8) is 0 Å². The first-order valence-electron chi connectivity index (χ1n) is 11.5. The van der Waals surface area contributed by atoms with Crippen LogP contribution in [0.15, 0.2) is 72.9 Å². The van der Waals surface area contributed by atoms with Gasteiger partial charge >= 0.3 is 5.97 Å². The molecule has 0 aliphatic carbocycles. The fourth-order valence-corrected chi connectivity index (χ4v) is 3.92. The third-order valence-corrected chi connectivity index (χ3v) is 5.66. The van der Waals surface area contributed by atoms with Gasteiger partial charge in [0, 0.05) is 36.0 Å². The monoisotopic (exact) mass is 489 g/mol. The number of carbonyl (C=O) groups is 1. The molecule has 1 heterocycles. The van der Waals surface area contributed by atoms with Gasteiger partial charge in [0.15, 0.2) is 0 Å². The SMILES string of the molecule is CC(N)c1cccc(-c2cc(COc3ccccc3CC(=O)O)cc(OCc3ccn(C)n3)c2)c1F. The minimum absolute atomic E-state index is 0.138. The minimum atomic E-state index is -0.942. The van der Waals surface area contributed by atoms with E-state index in [2.05, 4.69) is 5.10 Å². The quantitative estimate of drug-likeness (QED) is 0.324. The van der Waals surface area contributed by atoms with Crippen molar-refractivity contribution in [2.75, 3.05) is 0 Å². The van der Waals surface area contributed by atoms with Crippen LogP contribution in [0, 0.1) is 5.82 Å². The second kappa shape index (κ2) is 11.0. The van der Waals surface area contributed by atoms with E-state index in [0.29, 0.717) is 33.8 Å². The Labute approximate surface area is 208 Å². The molecular weight excluding hydrogens is 461 g/mol. The second-order valence-corrected chi connectivity index (χ2v) is 8.60. The molecule has 4 aromatic rings. The second-order valence-electron chi connectivity index (χ2n) is 8.60. The van der Waals surface area contributed by atoms with Crippen molar-refractivity contribution >= 4 is 5.97 Å². The van der Waals surface area contributed by atoms with Crippen molar-refractivity contribution in [3.8, 4) is 22.6 Å². The maximum absolute atomic E-state index is 15.3. The van der Waals surface area contributed by atoms with Gasteiger partial charge in [0.25, 0.3) is 0 Å². The predicted molar refractivity (Wildman–Crippen MR) is 134 cm³/mol. The molecule has 8 heteroatoms. The maximum atomic E-state index is 15.3. The molecule has 0 saturated carbocycles. The molecule has 4 rings (SSSR count). The van der Waals surface area contributed by atoms with E-state index < -0.39 is 12.0 Å². The highest BCUT2D eigenvalue weighted by atomic mass is 19.1. The van der Waals surface area contributed by atoms with Gasteiger partial charge in [-0.25, -0.2) is 4.39 Å². The summed E-state index contributed by atoms with van der Waals surface area (Å²) < 4.78 is 29.0. The Morgan fingerprint density at radius 3 is 2.61 bits per heavy atom. The summed E-state index contributed by atoms with van der Waals surface area (Å²) in [5.74, 6) is -0.316. The lowest BCUT2D eigenvalue weighted by Crippen LogP contribution is -2.08. The van der Waals surface area contributed by atoms with Gasteiger partial charge in [-0.05, 0) is 48.4 Å². The van der Waals surface area contributed by atoms with E-state index >= 15 is 4.39 Å². The molecule has 7 nitrogen and oxygen atoms in total. The van der Waals surface area contributed by atoms with Crippen LogP contribution in [0.3, 0.4) is 0 Å². The number of carboxylic acids is 1. The predicted octanol–water partition coefficient (Wildman–Crippen LogP) is 5.03. The third kappa shape index (κ3) is 6.09. The number of hydrogen-bond donors (Lipinski definition) is 2. The summed E-state index contributed by atoms with van der Waals surface area (Å²) in [5.41, 5.74) is 9.47. The number of aryl methyl sites for hydroxylation is 1. The lowest BCUT2D eigenvalue weighted by molar-refractivity contribution is -0.136. The number of ether oxygens (including phenoxy) is 2. The molecule has 36 heavy (non-hydrogen) atoms. The molecule has 0 aliphatic rings. The van der Waals surface area contributed by atoms with Gasteiger partial charge in [0.1, 0.15) is 30.5 Å². The topological polar surface area (TPSA) is 99.6 Å². The average Bonchev–Trinajstić information content (AvgIpc) is 3.27. The lowest BCUT2D eigenvalue weighted by atomic mass is 9.97. The van der Waals surface area contributed by atoms with Crippen molar-refractivity contribution in [1.82, 2.24) is 9.78 Å². The molecule has 1 atom stereocenters. The van der Waals surface area contributed by atoms with Gasteiger partial charge in [0.2, 0.25) is 0 Å². The summed E-state index contributed by atoms with van der Waals surface area (Å²) in [7, 11) is 1.83. The number of para-hydroxylation sites is 1. The fourth-order valence-electron chi connectivity index (χ4n) is 3.92. The number of nitrogens with zero attached hydrogens (tertiary/aromatic N) is 2. The van der Waals surface area contributed by atoms with Crippen molar-refractivity contribution in [1.29, 1.82) is 0 Å². The number of carboxylic acid groups (broad SMARTS) is 1. The molecule has 0 bridgehead atoms. The van der Waals surface area contributed by atoms with E-state index in [1.54, 1.807) is 60.1 Å². The Hall–Kier alpha value is -4.17. The largest absolute Gasteiger partial charge is 0.489 e. The fraction of sp³-hybridized carbons (Fsp3) is 0.214. The smallest absolute Gasteiger partial charge is 0.307 e. The summed E-state index contributed by atoms with van der Waals surface area (Å²) in [6, 6.07) is 19.0. The van der Waals surface area contributed by atoms with Gasteiger partial charge < -0.3 is 20.3 Å². The molecule has 0 radical (unpaired) electrons. The first-order chi connectivity index (χ1) is 17.3. The molecule has 3 N–H and O–H groups in total. The van der Waals surface area contributed by atoms with Crippen LogP contribution < -0.4 is 15.2 Å². The van der Waals surface area contributed by atoms with E-state index in [9.17, 15) is 9.90 Å². The zero-order valence-corrected chi connectivity index (χ0v) is 20.1. The van der Waals surface area contributed by atoms with Gasteiger partial charge in [0.05, 0.1) is 12.1 Å². The number of aliphatic carboxylic acids is 1. The highest BCUT2D eigenvalue weighted by Crippen LogP contribution is 2.32. The Morgan fingerprint density at radius 1 is 1.08 bits per heavy atom. The van der Waals surface area contributed by atoms with Gasteiger partial charge in [-0.1, -0.05) is 36.4 Å². The van der Waals surface area contributed by atoms with Gasteiger partial charge in [-0.3, -0.25) is 9.48 Å². The molecule has 3 aromatic carbocycles. The molecule has 0 aliphatic heterocycles. The van der Waals surface area contributed by atoms with Crippen LogP contribution in [0.25, 0.3) is 11.1 Å². The summed E-state index contributed by atoms with van der Waals surface area (Å²) in [6.45, 7) is 2.12. The number of halogens is 1. The number of nitrogens with two attached hydrogens (primary N) is 1. The lowest BCUT2D eigenvalue weighted by Gasteiger charge is -2.15. The van der Waals surface area contributed by atoms with Crippen molar-refractivity contribution in [2.24, 2.45) is 12.8 Å². The number of benzene rings is 3. The summed E-state index contributed by atoms with van der Waals surface area (Å²) in [4.78, 5) is 11.2. The van der Waals surface area contributed by atoms with E-state index in [4.69, 9.17) is 15.2 Å². The summed E-state index contributed by atoms with van der Waals surface area (Å²) >= 11 is 0. The summed E-state index contributed by atoms with van der Waals surface area (Å²) in [6.07, 6.45) is 1.68.